The number of carboxylic acid groups (broad SMARTS) is 1. The smallest absolute Gasteiger partial charge is 0.410 e. The molecule has 0 aromatic carbocycles. The Morgan fingerprint density at radius 2 is 2.00 bits per heavy atom. The number of aliphatic carboxylic acids is 1. The minimum Gasteiger partial charge on any atom is -0.480 e. The van der Waals surface area contributed by atoms with Gasteiger partial charge in [-0.05, 0) is 74.5 Å². The maximum absolute atomic E-state index is 12.5. The number of carboxylic acids is 1. The lowest BCUT2D eigenvalue weighted by atomic mass is 9.87. The van der Waals surface area contributed by atoms with Gasteiger partial charge in [0.25, 0.3) is 0 Å². The molecule has 150 valence electrons. The Labute approximate surface area is 168 Å². The monoisotopic (exact) mass is 442 g/mol. The van der Waals surface area contributed by atoms with Crippen molar-refractivity contribution in [1.29, 1.82) is 0 Å². The predicted octanol–water partition coefficient (Wildman–Crippen LogP) is 3.95. The Balaban J connectivity index is 2.23. The van der Waals surface area contributed by atoms with E-state index in [0.717, 1.165) is 17.3 Å². The van der Waals surface area contributed by atoms with Crippen LogP contribution in [0.25, 0.3) is 0 Å². The Morgan fingerprint density at radius 1 is 1.26 bits per heavy atom. The zero-order chi connectivity index (χ0) is 20.1. The maximum atomic E-state index is 12.5. The van der Waals surface area contributed by atoms with E-state index in [0.29, 0.717) is 31.6 Å². The number of nitrogens with zero attached hydrogens (tertiary/aromatic N) is 2. The van der Waals surface area contributed by atoms with Crippen molar-refractivity contribution >= 4 is 28.0 Å². The van der Waals surface area contributed by atoms with Crippen LogP contribution < -0.4 is 0 Å². The molecule has 1 aliphatic rings. The summed E-state index contributed by atoms with van der Waals surface area (Å²) in [6, 6.07) is 3.70. The van der Waals surface area contributed by atoms with Gasteiger partial charge in [-0.25, -0.2) is 9.59 Å². The third-order valence-electron chi connectivity index (χ3n) is 4.36. The number of ether oxygens (including phenoxy) is 2. The van der Waals surface area contributed by atoms with Gasteiger partial charge in [0.05, 0.1) is 5.69 Å². The lowest BCUT2D eigenvalue weighted by Gasteiger charge is -2.37. The third kappa shape index (κ3) is 6.46. The minimum atomic E-state index is -1.03. The zero-order valence-corrected chi connectivity index (χ0v) is 17.6. The van der Waals surface area contributed by atoms with Crippen molar-refractivity contribution in [3.63, 3.8) is 0 Å². The molecule has 8 heteroatoms. The van der Waals surface area contributed by atoms with Gasteiger partial charge < -0.3 is 19.5 Å². The van der Waals surface area contributed by atoms with E-state index in [1.807, 2.05) is 32.9 Å². The number of aromatic nitrogens is 1. The van der Waals surface area contributed by atoms with Crippen molar-refractivity contribution in [3.8, 4) is 0 Å². The predicted molar refractivity (Wildman–Crippen MR) is 103 cm³/mol. The van der Waals surface area contributed by atoms with Crippen LogP contribution in [-0.2, 0) is 19.9 Å². The summed E-state index contributed by atoms with van der Waals surface area (Å²) in [4.78, 5) is 29.7. The van der Waals surface area contributed by atoms with Crippen molar-refractivity contribution < 1.29 is 24.2 Å². The molecule has 27 heavy (non-hydrogen) atoms. The second-order valence-electron chi connectivity index (χ2n) is 7.71. The maximum Gasteiger partial charge on any atom is 0.410 e. The topological polar surface area (TPSA) is 89.0 Å². The first kappa shape index (κ1) is 21.6. The van der Waals surface area contributed by atoms with Gasteiger partial charge in [0, 0.05) is 23.8 Å². The van der Waals surface area contributed by atoms with Crippen molar-refractivity contribution in [2.45, 2.75) is 57.7 Å². The largest absolute Gasteiger partial charge is 0.480 e. The Hall–Kier alpha value is -1.67. The molecule has 1 aromatic rings. The van der Waals surface area contributed by atoms with Crippen LogP contribution >= 0.6 is 15.9 Å². The first-order chi connectivity index (χ1) is 12.6. The van der Waals surface area contributed by atoms with Crippen LogP contribution in [-0.4, -0.2) is 52.4 Å². The summed E-state index contributed by atoms with van der Waals surface area (Å²) >= 11 is 3.37. The standard InChI is InChI=1S/C19H27BrN2O5/c1-18(2,3)27-17(25)22-10-5-4-8-19(9-11-22,26-13-16(23)24)15-7-6-14(20)12-21-15/h6-7,12H,4-5,8-11,13H2,1-3H3,(H,23,24). The Kier molecular flexibility index (Phi) is 7.22. The number of hydrogen-bond donors (Lipinski definition) is 1. The van der Waals surface area contributed by atoms with Gasteiger partial charge in [-0.1, -0.05) is 0 Å². The summed E-state index contributed by atoms with van der Waals surface area (Å²) in [6.45, 7) is 6.11. The van der Waals surface area contributed by atoms with E-state index in [-0.39, 0.29) is 6.09 Å². The van der Waals surface area contributed by atoms with Crippen LogP contribution in [0.1, 0.15) is 52.1 Å². The molecule has 1 fully saturated rings. The van der Waals surface area contributed by atoms with Crippen molar-refractivity contribution in [2.75, 3.05) is 19.7 Å². The van der Waals surface area contributed by atoms with Crippen molar-refractivity contribution in [2.24, 2.45) is 0 Å². The van der Waals surface area contributed by atoms with Crippen LogP contribution in [0.4, 0.5) is 4.79 Å². The van der Waals surface area contributed by atoms with Crippen LogP contribution in [0.3, 0.4) is 0 Å². The quantitative estimate of drug-likeness (QED) is 0.758. The fourth-order valence-electron chi connectivity index (χ4n) is 3.09. The summed E-state index contributed by atoms with van der Waals surface area (Å²) in [5, 5.41) is 9.11. The van der Waals surface area contributed by atoms with Gasteiger partial charge in [-0.3, -0.25) is 4.98 Å². The molecule has 1 aromatic heterocycles. The lowest BCUT2D eigenvalue weighted by Crippen LogP contribution is -2.43. The summed E-state index contributed by atoms with van der Waals surface area (Å²) in [6.07, 6.45) is 3.99. The number of carbonyl (C=O) groups is 2. The molecule has 1 N–H and O–H groups in total. The van der Waals surface area contributed by atoms with Crippen LogP contribution in [0, 0.1) is 0 Å². The molecule has 2 heterocycles. The summed E-state index contributed by atoms with van der Waals surface area (Å²) < 4.78 is 12.2. The van der Waals surface area contributed by atoms with Crippen LogP contribution in [0.5, 0.6) is 0 Å². The second-order valence-corrected chi connectivity index (χ2v) is 8.63. The average Bonchev–Trinajstić information content (AvgIpc) is 2.54. The van der Waals surface area contributed by atoms with Gasteiger partial charge >= 0.3 is 12.1 Å². The molecule has 1 saturated heterocycles. The molecule has 7 nitrogen and oxygen atoms in total. The van der Waals surface area contributed by atoms with Crippen molar-refractivity contribution in [1.82, 2.24) is 9.88 Å². The lowest BCUT2D eigenvalue weighted by molar-refractivity contribution is -0.153. The average molecular weight is 443 g/mol. The zero-order valence-electron chi connectivity index (χ0n) is 16.0. The normalized spacial score (nSPS) is 21.3. The van der Waals surface area contributed by atoms with E-state index in [1.54, 1.807) is 11.1 Å². The SMILES string of the molecule is CC(C)(C)OC(=O)N1CCCCC(OCC(=O)O)(c2ccc(Br)cn2)CC1. The minimum absolute atomic E-state index is 0.361. The van der Waals surface area contributed by atoms with Crippen LogP contribution in [0.2, 0.25) is 0 Å². The highest BCUT2D eigenvalue weighted by Crippen LogP contribution is 2.36. The van der Waals surface area contributed by atoms with Crippen molar-refractivity contribution in [3.05, 3.63) is 28.5 Å². The van der Waals surface area contributed by atoms with E-state index in [9.17, 15) is 9.59 Å². The second kappa shape index (κ2) is 9.01. The fraction of sp³-hybridized carbons (Fsp3) is 0.632. The summed E-state index contributed by atoms with van der Waals surface area (Å²) in [7, 11) is 0. The molecule has 1 atom stereocenters. The molecule has 0 spiro atoms. The summed E-state index contributed by atoms with van der Waals surface area (Å²) in [5.41, 5.74) is -0.735. The van der Waals surface area contributed by atoms with Gasteiger partial charge in [-0.2, -0.15) is 0 Å². The van der Waals surface area contributed by atoms with Gasteiger partial charge in [0.15, 0.2) is 0 Å². The van der Waals surface area contributed by atoms with E-state index < -0.39 is 23.8 Å². The highest BCUT2D eigenvalue weighted by atomic mass is 79.9. The highest BCUT2D eigenvalue weighted by Gasteiger charge is 2.37. The number of likely N-dealkylation sites (tertiary alicyclic amines) is 1. The fourth-order valence-corrected chi connectivity index (χ4v) is 3.33. The highest BCUT2D eigenvalue weighted by molar-refractivity contribution is 9.10. The first-order valence-electron chi connectivity index (χ1n) is 9.07. The Bertz CT molecular complexity index is 659. The number of carbonyl (C=O) groups excluding carboxylic acids is 1. The van der Waals surface area contributed by atoms with Gasteiger partial charge in [0.1, 0.15) is 17.8 Å². The van der Waals surface area contributed by atoms with E-state index in [1.165, 1.54) is 0 Å². The van der Waals surface area contributed by atoms with E-state index in [4.69, 9.17) is 14.6 Å². The third-order valence-corrected chi connectivity index (χ3v) is 4.83. The molecule has 1 unspecified atom stereocenters. The van der Waals surface area contributed by atoms with Gasteiger partial charge in [0.2, 0.25) is 0 Å². The molecular formula is C19H27BrN2O5. The number of halogens is 1. The number of rotatable bonds is 4. The number of pyridine rings is 1. The molecule has 0 radical (unpaired) electrons. The van der Waals surface area contributed by atoms with Crippen LogP contribution in [0.15, 0.2) is 22.8 Å². The van der Waals surface area contributed by atoms with E-state index in [2.05, 4.69) is 20.9 Å². The number of amides is 1. The van der Waals surface area contributed by atoms with Gasteiger partial charge in [-0.15, -0.1) is 0 Å². The molecule has 1 aliphatic heterocycles. The molecule has 0 aliphatic carbocycles. The molecular weight excluding hydrogens is 416 g/mol. The molecule has 2 rings (SSSR count). The molecule has 0 saturated carbocycles. The first-order valence-corrected chi connectivity index (χ1v) is 9.86. The van der Waals surface area contributed by atoms with E-state index >= 15 is 0 Å². The molecule has 0 bridgehead atoms. The summed E-state index contributed by atoms with van der Waals surface area (Å²) in [5.74, 6) is -1.03. The molecule has 1 amide bonds. The number of hydrogen-bond acceptors (Lipinski definition) is 5. The Morgan fingerprint density at radius 3 is 2.59 bits per heavy atom.